The minimum Gasteiger partial charge on any atom is -0.535 e. The van der Waals surface area contributed by atoms with Crippen molar-refractivity contribution >= 4 is 24.8 Å². The fraction of sp³-hybridized carbons (Fsp3) is 0.583. The Morgan fingerprint density at radius 2 is 2.03 bits per heavy atom. The topological polar surface area (TPSA) is 155 Å². The molecule has 3 rings (SSSR count). The van der Waals surface area contributed by atoms with Crippen molar-refractivity contribution in [2.24, 2.45) is 0 Å². The molecule has 14 heteroatoms. The predicted octanol–water partition coefficient (Wildman–Crippen LogP) is 0.695. The zero-order valence-corrected chi connectivity index (χ0v) is 22.4. The highest BCUT2D eigenvalue weighted by Crippen LogP contribution is 2.36. The second kappa shape index (κ2) is 12.9. The number of carbonyl (C=O) groups excluding carboxylic acids is 3. The van der Waals surface area contributed by atoms with Gasteiger partial charge in [0.05, 0.1) is 13.0 Å². The van der Waals surface area contributed by atoms with Crippen molar-refractivity contribution in [2.45, 2.75) is 58.0 Å². The van der Waals surface area contributed by atoms with E-state index < -0.39 is 37.3 Å². The first kappa shape index (κ1) is 29.2. The minimum atomic E-state index is -1.31. The van der Waals surface area contributed by atoms with Crippen molar-refractivity contribution < 1.29 is 38.3 Å². The summed E-state index contributed by atoms with van der Waals surface area (Å²) >= 11 is 0. The van der Waals surface area contributed by atoms with Gasteiger partial charge in [-0.2, -0.15) is 0 Å². The average Bonchev–Trinajstić information content (AvgIpc) is 3.29. The normalized spacial score (nSPS) is 15.1. The number of Topliss-reactive ketones (excluding diaryl/α,β-unsaturated/α-hetero) is 1. The molecule has 1 aliphatic rings. The van der Waals surface area contributed by atoms with Crippen molar-refractivity contribution in [3.8, 4) is 5.75 Å². The number of ketones is 1. The first-order valence-corrected chi connectivity index (χ1v) is 12.4. The van der Waals surface area contributed by atoms with Gasteiger partial charge in [0.2, 0.25) is 6.79 Å². The molecule has 0 aliphatic carbocycles. The van der Waals surface area contributed by atoms with Crippen LogP contribution in [-0.4, -0.2) is 94.6 Å². The number of ether oxygens (including phenoxy) is 3. The minimum absolute atomic E-state index is 0.0295. The number of tetrazole rings is 1. The molecule has 0 saturated carbocycles. The smallest absolute Gasteiger partial charge is 0.526 e. The third kappa shape index (κ3) is 7.59. The maximum Gasteiger partial charge on any atom is 0.526 e. The summed E-state index contributed by atoms with van der Waals surface area (Å²) in [6.45, 7) is 5.84. The lowest BCUT2D eigenvalue weighted by Gasteiger charge is -2.28. The van der Waals surface area contributed by atoms with Gasteiger partial charge >= 0.3 is 19.1 Å². The zero-order chi connectivity index (χ0) is 27.9. The van der Waals surface area contributed by atoms with Crippen molar-refractivity contribution in [1.29, 1.82) is 0 Å². The van der Waals surface area contributed by atoms with E-state index in [9.17, 15) is 19.4 Å². The molecule has 0 unspecified atom stereocenters. The number of aromatic nitrogens is 4. The van der Waals surface area contributed by atoms with E-state index in [4.69, 9.17) is 18.9 Å². The molecule has 38 heavy (non-hydrogen) atoms. The monoisotopic (exact) mass is 531 g/mol. The van der Waals surface area contributed by atoms with E-state index in [1.165, 1.54) is 6.07 Å². The number of carbonyl (C=O) groups is 3. The number of para-hydroxylation sites is 1. The van der Waals surface area contributed by atoms with Crippen LogP contribution >= 0.6 is 0 Å². The van der Waals surface area contributed by atoms with E-state index in [2.05, 4.69) is 15.5 Å². The van der Waals surface area contributed by atoms with E-state index in [-0.39, 0.29) is 29.9 Å². The number of rotatable bonds is 13. The lowest BCUT2D eigenvalue weighted by molar-refractivity contribution is -0.175. The molecular formula is C24H34BN5O8. The molecule has 0 saturated heterocycles. The van der Waals surface area contributed by atoms with Gasteiger partial charge in [-0.05, 0) is 63.3 Å². The Morgan fingerprint density at radius 1 is 1.26 bits per heavy atom. The van der Waals surface area contributed by atoms with E-state index in [1.54, 1.807) is 37.6 Å². The highest BCUT2D eigenvalue weighted by atomic mass is 16.7. The molecule has 13 nitrogen and oxygen atoms in total. The number of likely N-dealkylation sites (N-methyl/N-ethyl adjacent to an activating group) is 1. The van der Waals surface area contributed by atoms with Gasteiger partial charge in [0.25, 0.3) is 0 Å². The highest BCUT2D eigenvalue weighted by Gasteiger charge is 2.38. The molecule has 2 aromatic rings. The van der Waals surface area contributed by atoms with Crippen LogP contribution in [0.1, 0.15) is 48.9 Å². The second-order valence-electron chi connectivity index (χ2n) is 9.73. The Labute approximate surface area is 221 Å². The molecule has 1 aromatic carbocycles. The van der Waals surface area contributed by atoms with Crippen molar-refractivity contribution in [3.05, 3.63) is 35.2 Å². The summed E-state index contributed by atoms with van der Waals surface area (Å²) in [6.07, 6.45) is 0.384. The summed E-state index contributed by atoms with van der Waals surface area (Å²) in [5.74, 6) is -1.49. The number of nitrogens with zero attached hydrogens (tertiary/aromatic N) is 5. The van der Waals surface area contributed by atoms with E-state index in [0.717, 1.165) is 6.54 Å². The zero-order valence-electron chi connectivity index (χ0n) is 22.4. The Morgan fingerprint density at radius 3 is 2.74 bits per heavy atom. The number of hydrogen-bond acceptors (Lipinski definition) is 12. The van der Waals surface area contributed by atoms with Gasteiger partial charge in [0.15, 0.2) is 11.4 Å². The average molecular weight is 531 g/mol. The summed E-state index contributed by atoms with van der Waals surface area (Å²) in [6, 6.07) is 4.89. The number of fused-ring (bicyclic) bond motifs is 1. The van der Waals surface area contributed by atoms with Gasteiger partial charge in [-0.1, -0.05) is 12.1 Å². The van der Waals surface area contributed by atoms with Crippen LogP contribution in [0.4, 0.5) is 0 Å². The van der Waals surface area contributed by atoms with Crippen molar-refractivity contribution in [2.75, 3.05) is 34.0 Å². The van der Waals surface area contributed by atoms with Gasteiger partial charge in [-0.15, -0.1) is 5.10 Å². The molecule has 1 atom stereocenters. The summed E-state index contributed by atoms with van der Waals surface area (Å²) in [7, 11) is 2.55. The molecule has 1 N–H and O–H groups in total. The number of hydrogen-bond donors (Lipinski definition) is 1. The van der Waals surface area contributed by atoms with Crippen LogP contribution in [0.3, 0.4) is 0 Å². The third-order valence-electron chi connectivity index (χ3n) is 6.03. The Hall–Kier alpha value is -3.36. The molecule has 1 aliphatic heterocycles. The molecule has 1 aromatic heterocycles. The van der Waals surface area contributed by atoms with Gasteiger partial charge in [0, 0.05) is 25.4 Å². The van der Waals surface area contributed by atoms with Crippen LogP contribution < -0.4 is 4.65 Å². The van der Waals surface area contributed by atoms with Crippen LogP contribution in [0.15, 0.2) is 18.2 Å². The molecule has 0 amide bonds. The highest BCUT2D eigenvalue weighted by molar-refractivity contribution is 6.47. The van der Waals surface area contributed by atoms with Gasteiger partial charge in [-0.25, -0.2) is 14.3 Å². The molecule has 0 bridgehead atoms. The van der Waals surface area contributed by atoms with Crippen LogP contribution in [0.5, 0.6) is 5.75 Å². The SMILES string of the molecule is CCOC(C)(C)C(=O)OCOC(=O)c1cccc2c1OB(O)[C@@H](CC(=O)Cc1nnnn1CCN(C)C)C2. The molecule has 2 heterocycles. The van der Waals surface area contributed by atoms with E-state index >= 15 is 0 Å². The number of esters is 2. The molecule has 0 fully saturated rings. The summed E-state index contributed by atoms with van der Waals surface area (Å²) in [4.78, 5) is 39.5. The lowest BCUT2D eigenvalue weighted by Crippen LogP contribution is -2.37. The third-order valence-corrected chi connectivity index (χ3v) is 6.03. The van der Waals surface area contributed by atoms with E-state index in [0.29, 0.717) is 31.0 Å². The quantitative estimate of drug-likeness (QED) is 0.220. The van der Waals surface area contributed by atoms with Crippen LogP contribution in [0.25, 0.3) is 0 Å². The van der Waals surface area contributed by atoms with Crippen LogP contribution in [0, 0.1) is 0 Å². The van der Waals surface area contributed by atoms with Gasteiger partial charge < -0.3 is 28.8 Å². The Bertz CT molecular complexity index is 1140. The maximum atomic E-state index is 12.8. The van der Waals surface area contributed by atoms with Crippen LogP contribution in [-0.2, 0) is 43.2 Å². The van der Waals surface area contributed by atoms with Gasteiger partial charge in [-0.3, -0.25) is 4.79 Å². The summed E-state index contributed by atoms with van der Waals surface area (Å²) in [5, 5.41) is 22.2. The van der Waals surface area contributed by atoms with Crippen molar-refractivity contribution in [3.63, 3.8) is 0 Å². The Kier molecular flexibility index (Phi) is 9.94. The fourth-order valence-corrected chi connectivity index (χ4v) is 3.99. The number of benzene rings is 1. The van der Waals surface area contributed by atoms with Crippen LogP contribution in [0.2, 0.25) is 5.82 Å². The van der Waals surface area contributed by atoms with E-state index in [1.807, 2.05) is 19.0 Å². The lowest BCUT2D eigenvalue weighted by atomic mass is 9.64. The summed E-state index contributed by atoms with van der Waals surface area (Å²) in [5.41, 5.74) is -0.454. The summed E-state index contributed by atoms with van der Waals surface area (Å²) < 4.78 is 22.7. The second-order valence-corrected chi connectivity index (χ2v) is 9.73. The molecule has 0 radical (unpaired) electrons. The van der Waals surface area contributed by atoms with Crippen molar-refractivity contribution in [1.82, 2.24) is 25.1 Å². The first-order valence-electron chi connectivity index (χ1n) is 12.4. The molecular weight excluding hydrogens is 497 g/mol. The standard InChI is InChI=1S/C24H34BN5O8/c1-6-37-24(2,3)23(33)36-15-35-22(32)19-9-7-8-16-12-17(25(34)38-21(16)19)13-18(31)14-20-26-27-28-30(20)11-10-29(4)5/h7-9,17,34H,6,10-15H2,1-5H3/t17-/m1/s1. The first-order chi connectivity index (χ1) is 18.0. The Balaban J connectivity index is 1.58. The molecule has 206 valence electrons. The predicted molar refractivity (Wildman–Crippen MR) is 134 cm³/mol. The molecule has 0 spiro atoms. The largest absolute Gasteiger partial charge is 0.535 e. The maximum absolute atomic E-state index is 12.8. The fourth-order valence-electron chi connectivity index (χ4n) is 3.99. The van der Waals surface area contributed by atoms with Gasteiger partial charge in [0.1, 0.15) is 17.1 Å².